The van der Waals surface area contributed by atoms with Crippen molar-refractivity contribution in [3.05, 3.63) is 0 Å². The molecule has 0 bridgehead atoms. The van der Waals surface area contributed by atoms with Gasteiger partial charge in [-0.2, -0.15) is 0 Å². The normalized spacial score (nSPS) is 14.9. The Bertz CT molecular complexity index is 49.0. The van der Waals surface area contributed by atoms with E-state index < -0.39 is 6.23 Å². The molecule has 0 aromatic carbocycles. The second-order valence-corrected chi connectivity index (χ2v) is 1.68. The molecule has 2 nitrogen and oxygen atoms in total. The topological polar surface area (TPSA) is 23.5 Å². The van der Waals surface area contributed by atoms with Gasteiger partial charge in [0.2, 0.25) is 0 Å². The Kier molecular flexibility index (Phi) is 3.04. The van der Waals surface area contributed by atoms with Crippen LogP contribution >= 0.6 is 0 Å². The molecule has 0 saturated carbocycles. The van der Waals surface area contributed by atoms with E-state index >= 15 is 0 Å². The lowest BCUT2D eigenvalue weighted by atomic mass is 10.0. The maximum absolute atomic E-state index is 8.74. The molecular weight excluding hydrogens is 88.9 g/mol. The lowest BCUT2D eigenvalue weighted by molar-refractivity contribution is 0.0584. The van der Waals surface area contributed by atoms with Crippen LogP contribution in [-0.2, 0) is 0 Å². The molecule has 7 heavy (non-hydrogen) atoms. The van der Waals surface area contributed by atoms with Gasteiger partial charge in [0, 0.05) is 0 Å². The largest absolute Gasteiger partial charge is 0.379 e. The standard InChI is InChI=1S/C4H10BNO/c1-6(2)4(7)3-5/h4,7H,3H2,1-2H3. The van der Waals surface area contributed by atoms with Gasteiger partial charge >= 0.3 is 0 Å². The van der Waals surface area contributed by atoms with Crippen LogP contribution in [0.25, 0.3) is 0 Å². The summed E-state index contributed by atoms with van der Waals surface area (Å²) >= 11 is 0. The summed E-state index contributed by atoms with van der Waals surface area (Å²) in [5.41, 5.74) is 0. The van der Waals surface area contributed by atoms with Crippen LogP contribution in [0.4, 0.5) is 0 Å². The maximum Gasteiger partial charge on any atom is 0.0986 e. The quantitative estimate of drug-likeness (QED) is 0.371. The Hall–Kier alpha value is -0.0151. The van der Waals surface area contributed by atoms with Gasteiger partial charge in [0.05, 0.1) is 14.1 Å². The number of aliphatic hydroxyl groups excluding tert-OH is 1. The molecule has 0 fully saturated rings. The van der Waals surface area contributed by atoms with Gasteiger partial charge in [-0.25, -0.2) is 0 Å². The van der Waals surface area contributed by atoms with Crippen LogP contribution in [0.2, 0.25) is 6.32 Å². The zero-order chi connectivity index (χ0) is 5.86. The molecule has 0 aliphatic carbocycles. The van der Waals surface area contributed by atoms with Crippen LogP contribution in [-0.4, -0.2) is 38.2 Å². The molecule has 1 N–H and O–H groups in total. The minimum atomic E-state index is -0.486. The summed E-state index contributed by atoms with van der Waals surface area (Å²) < 4.78 is 0. The highest BCUT2D eigenvalue weighted by Gasteiger charge is 1.98. The fraction of sp³-hybridized carbons (Fsp3) is 1.00. The van der Waals surface area contributed by atoms with Crippen molar-refractivity contribution in [2.75, 3.05) is 14.1 Å². The first-order valence-corrected chi connectivity index (χ1v) is 2.23. The molecule has 0 aromatic heterocycles. The van der Waals surface area contributed by atoms with Crippen LogP contribution in [0.15, 0.2) is 0 Å². The molecule has 0 spiro atoms. The van der Waals surface area contributed by atoms with Crippen LogP contribution in [0.3, 0.4) is 0 Å². The minimum absolute atomic E-state index is 0.299. The number of hydrogen-bond acceptors (Lipinski definition) is 2. The third-order valence-electron chi connectivity index (χ3n) is 0.807. The highest BCUT2D eigenvalue weighted by molar-refractivity contribution is 6.08. The van der Waals surface area contributed by atoms with Crippen LogP contribution in [0, 0.1) is 0 Å². The number of rotatable bonds is 2. The van der Waals surface area contributed by atoms with Gasteiger partial charge in [-0.3, -0.25) is 4.90 Å². The molecule has 3 heteroatoms. The first kappa shape index (κ1) is 6.98. The second-order valence-electron chi connectivity index (χ2n) is 1.68. The molecule has 0 aromatic rings. The fourth-order valence-corrected chi connectivity index (χ4v) is 0.211. The van der Waals surface area contributed by atoms with Crippen molar-refractivity contribution < 1.29 is 5.11 Å². The zero-order valence-corrected chi connectivity index (χ0v) is 4.76. The summed E-state index contributed by atoms with van der Waals surface area (Å²) in [6, 6.07) is 0. The molecule has 40 valence electrons. The van der Waals surface area contributed by atoms with E-state index in [2.05, 4.69) is 0 Å². The van der Waals surface area contributed by atoms with Crippen molar-refractivity contribution in [3.63, 3.8) is 0 Å². The molecule has 1 atom stereocenters. The number of nitrogens with zero attached hydrogens (tertiary/aromatic N) is 1. The van der Waals surface area contributed by atoms with Gasteiger partial charge < -0.3 is 5.11 Å². The highest BCUT2D eigenvalue weighted by Crippen LogP contribution is 1.88. The summed E-state index contributed by atoms with van der Waals surface area (Å²) in [4.78, 5) is 1.65. The van der Waals surface area contributed by atoms with Crippen molar-refractivity contribution in [3.8, 4) is 0 Å². The van der Waals surface area contributed by atoms with Crippen molar-refractivity contribution in [1.82, 2.24) is 4.90 Å². The summed E-state index contributed by atoms with van der Waals surface area (Å²) in [5, 5.41) is 8.74. The van der Waals surface area contributed by atoms with E-state index in [4.69, 9.17) is 13.0 Å². The smallest absolute Gasteiger partial charge is 0.0986 e. The van der Waals surface area contributed by atoms with E-state index in [1.165, 1.54) is 0 Å². The third kappa shape index (κ3) is 2.65. The first-order valence-electron chi connectivity index (χ1n) is 2.23. The molecule has 0 amide bonds. The number of hydrogen-bond donors (Lipinski definition) is 1. The third-order valence-corrected chi connectivity index (χ3v) is 0.807. The van der Waals surface area contributed by atoms with Crippen molar-refractivity contribution in [1.29, 1.82) is 0 Å². The molecule has 0 aliphatic rings. The van der Waals surface area contributed by atoms with Gasteiger partial charge in [-0.1, -0.05) is 0 Å². The first-order chi connectivity index (χ1) is 3.18. The molecule has 0 saturated heterocycles. The second kappa shape index (κ2) is 3.05. The molecule has 1 unspecified atom stereocenters. The van der Waals surface area contributed by atoms with E-state index in [0.717, 1.165) is 0 Å². The predicted octanol–water partition coefficient (Wildman–Crippen LogP) is -0.547. The van der Waals surface area contributed by atoms with Gasteiger partial charge in [-0.05, 0) is 20.4 Å². The maximum atomic E-state index is 8.74. The Balaban J connectivity index is 3.14. The fourth-order valence-electron chi connectivity index (χ4n) is 0.211. The highest BCUT2D eigenvalue weighted by atomic mass is 16.3. The lowest BCUT2D eigenvalue weighted by Crippen LogP contribution is -2.26. The minimum Gasteiger partial charge on any atom is -0.379 e. The average molecular weight is 98.9 g/mol. The van der Waals surface area contributed by atoms with Gasteiger partial charge in [-0.15, -0.1) is 0 Å². The zero-order valence-electron chi connectivity index (χ0n) is 4.76. The van der Waals surface area contributed by atoms with Crippen molar-refractivity contribution >= 4 is 7.85 Å². The van der Waals surface area contributed by atoms with E-state index in [0.29, 0.717) is 6.32 Å². The Morgan fingerprint density at radius 2 is 2.14 bits per heavy atom. The Labute approximate surface area is 45.5 Å². The molecule has 2 radical (unpaired) electrons. The van der Waals surface area contributed by atoms with Crippen molar-refractivity contribution in [2.24, 2.45) is 0 Å². The summed E-state index contributed by atoms with van der Waals surface area (Å²) in [6.45, 7) is 0. The van der Waals surface area contributed by atoms with Crippen LogP contribution in [0.1, 0.15) is 0 Å². The Morgan fingerprint density at radius 1 is 1.71 bits per heavy atom. The van der Waals surface area contributed by atoms with Crippen LogP contribution < -0.4 is 0 Å². The lowest BCUT2D eigenvalue weighted by Gasteiger charge is -2.15. The summed E-state index contributed by atoms with van der Waals surface area (Å²) in [7, 11) is 8.63. The van der Waals surface area contributed by atoms with E-state index in [1.807, 2.05) is 0 Å². The SMILES string of the molecule is [B]CC(O)N(C)C. The Morgan fingerprint density at radius 3 is 2.14 bits per heavy atom. The molecule has 0 heterocycles. The van der Waals surface area contributed by atoms with E-state index in [9.17, 15) is 0 Å². The van der Waals surface area contributed by atoms with E-state index in [1.54, 1.807) is 19.0 Å². The molecule has 0 aliphatic heterocycles. The van der Waals surface area contributed by atoms with Gasteiger partial charge in [0.15, 0.2) is 0 Å². The summed E-state index contributed by atoms with van der Waals surface area (Å²) in [5.74, 6) is 0. The van der Waals surface area contributed by atoms with Crippen LogP contribution in [0.5, 0.6) is 0 Å². The van der Waals surface area contributed by atoms with Gasteiger partial charge in [0.25, 0.3) is 0 Å². The average Bonchev–Trinajstić information content (AvgIpc) is 1.65. The number of aliphatic hydroxyl groups is 1. The molecular formula is C4H10BNO. The van der Waals surface area contributed by atoms with Gasteiger partial charge in [0.1, 0.15) is 0 Å². The molecule has 0 rings (SSSR count). The van der Waals surface area contributed by atoms with Crippen molar-refractivity contribution in [2.45, 2.75) is 12.5 Å². The summed E-state index contributed by atoms with van der Waals surface area (Å²) in [6.07, 6.45) is -0.188. The monoisotopic (exact) mass is 99.1 g/mol. The van der Waals surface area contributed by atoms with E-state index in [-0.39, 0.29) is 0 Å². The predicted molar refractivity (Wildman–Crippen MR) is 30.3 cm³/mol.